The fourth-order valence-corrected chi connectivity index (χ4v) is 2.68. The van der Waals surface area contributed by atoms with Crippen molar-refractivity contribution in [3.63, 3.8) is 0 Å². The van der Waals surface area contributed by atoms with Gasteiger partial charge in [-0.2, -0.15) is 0 Å². The third-order valence-electron chi connectivity index (χ3n) is 2.69. The summed E-state index contributed by atoms with van der Waals surface area (Å²) in [6, 6.07) is 4.61. The number of halogens is 1. The van der Waals surface area contributed by atoms with Gasteiger partial charge in [0.25, 0.3) is 0 Å². The highest BCUT2D eigenvalue weighted by Crippen LogP contribution is 2.22. The molecule has 0 aliphatic carbocycles. The summed E-state index contributed by atoms with van der Waals surface area (Å²) in [5.41, 5.74) is 9.03. The van der Waals surface area contributed by atoms with Gasteiger partial charge >= 0.3 is 0 Å². The van der Waals surface area contributed by atoms with E-state index >= 15 is 0 Å². The Hall–Kier alpha value is -1.26. The van der Waals surface area contributed by atoms with Crippen molar-refractivity contribution in [3.05, 3.63) is 51.2 Å². The fourth-order valence-electron chi connectivity index (χ4n) is 1.85. The molecule has 0 saturated carbocycles. The molecule has 0 amide bonds. The van der Waals surface area contributed by atoms with Crippen LogP contribution in [0.15, 0.2) is 23.6 Å². The number of benzene rings is 1. The van der Waals surface area contributed by atoms with Crippen LogP contribution in [0.3, 0.4) is 0 Å². The molecule has 17 heavy (non-hydrogen) atoms. The van der Waals surface area contributed by atoms with Crippen LogP contribution in [0.2, 0.25) is 0 Å². The van der Waals surface area contributed by atoms with Crippen molar-refractivity contribution in [2.75, 3.05) is 0 Å². The number of nitrogens with zero attached hydrogens (tertiary/aromatic N) is 1. The molecule has 1 unspecified atom stereocenters. The number of nitrogens with two attached hydrogens (primary N) is 1. The van der Waals surface area contributed by atoms with E-state index in [0.717, 1.165) is 21.8 Å². The Labute approximate surface area is 104 Å². The standard InChI is InChI=1S/C13H15FN2S/c1-8-5-10(14)3-4-11(8)12(15)6-13-16-9(2)7-17-13/h3-5,7,12H,6,15H2,1-2H3. The van der Waals surface area contributed by atoms with Crippen molar-refractivity contribution in [1.29, 1.82) is 0 Å². The molecule has 2 nitrogen and oxygen atoms in total. The second-order valence-electron chi connectivity index (χ2n) is 4.19. The number of rotatable bonds is 3. The summed E-state index contributed by atoms with van der Waals surface area (Å²) in [5, 5.41) is 3.04. The Bertz CT molecular complexity index is 522. The summed E-state index contributed by atoms with van der Waals surface area (Å²) in [5.74, 6) is -0.219. The number of aryl methyl sites for hydroxylation is 2. The van der Waals surface area contributed by atoms with Crippen molar-refractivity contribution in [1.82, 2.24) is 4.98 Å². The van der Waals surface area contributed by atoms with E-state index in [1.165, 1.54) is 12.1 Å². The van der Waals surface area contributed by atoms with E-state index in [1.807, 2.05) is 19.2 Å². The maximum atomic E-state index is 13.0. The second kappa shape index (κ2) is 4.94. The van der Waals surface area contributed by atoms with Gasteiger partial charge in [-0.05, 0) is 37.1 Å². The molecule has 0 saturated heterocycles. The Kier molecular flexibility index (Phi) is 3.54. The third-order valence-corrected chi connectivity index (χ3v) is 3.68. The molecule has 0 spiro atoms. The largest absolute Gasteiger partial charge is 0.324 e. The normalized spacial score (nSPS) is 12.7. The molecule has 1 aromatic heterocycles. The third kappa shape index (κ3) is 2.90. The van der Waals surface area contributed by atoms with E-state index in [-0.39, 0.29) is 11.9 Å². The molecular weight excluding hydrogens is 235 g/mol. The van der Waals surface area contributed by atoms with Crippen LogP contribution in [0.5, 0.6) is 0 Å². The molecule has 1 aromatic carbocycles. The lowest BCUT2D eigenvalue weighted by molar-refractivity contribution is 0.622. The van der Waals surface area contributed by atoms with Gasteiger partial charge in [0, 0.05) is 23.5 Å². The summed E-state index contributed by atoms with van der Waals surface area (Å²) < 4.78 is 13.0. The van der Waals surface area contributed by atoms with Gasteiger partial charge in [-0.15, -0.1) is 11.3 Å². The van der Waals surface area contributed by atoms with Crippen LogP contribution in [-0.4, -0.2) is 4.98 Å². The molecule has 0 aliphatic rings. The van der Waals surface area contributed by atoms with Crippen LogP contribution in [0.25, 0.3) is 0 Å². The van der Waals surface area contributed by atoms with Gasteiger partial charge in [0.05, 0.1) is 5.01 Å². The minimum atomic E-state index is -0.219. The van der Waals surface area contributed by atoms with E-state index in [0.29, 0.717) is 6.42 Å². The highest BCUT2D eigenvalue weighted by molar-refractivity contribution is 7.09. The zero-order chi connectivity index (χ0) is 12.4. The number of hydrogen-bond acceptors (Lipinski definition) is 3. The second-order valence-corrected chi connectivity index (χ2v) is 5.14. The van der Waals surface area contributed by atoms with E-state index < -0.39 is 0 Å². The quantitative estimate of drug-likeness (QED) is 0.909. The first-order chi connectivity index (χ1) is 8.06. The van der Waals surface area contributed by atoms with Crippen molar-refractivity contribution in [2.24, 2.45) is 5.73 Å². The van der Waals surface area contributed by atoms with Crippen molar-refractivity contribution in [2.45, 2.75) is 26.3 Å². The van der Waals surface area contributed by atoms with Gasteiger partial charge in [0.2, 0.25) is 0 Å². The first-order valence-corrected chi connectivity index (χ1v) is 6.37. The molecular formula is C13H15FN2S. The maximum absolute atomic E-state index is 13.0. The van der Waals surface area contributed by atoms with Crippen molar-refractivity contribution >= 4 is 11.3 Å². The molecule has 2 N–H and O–H groups in total. The molecule has 1 atom stereocenters. The molecule has 0 radical (unpaired) electrons. The number of hydrogen-bond donors (Lipinski definition) is 1. The topological polar surface area (TPSA) is 38.9 Å². The zero-order valence-corrected chi connectivity index (χ0v) is 10.7. The minimum absolute atomic E-state index is 0.124. The van der Waals surface area contributed by atoms with Gasteiger partial charge in [-0.25, -0.2) is 9.37 Å². The van der Waals surface area contributed by atoms with Crippen LogP contribution in [0.4, 0.5) is 4.39 Å². The molecule has 0 bridgehead atoms. The van der Waals surface area contributed by atoms with Crippen molar-refractivity contribution in [3.8, 4) is 0 Å². The average Bonchev–Trinajstić information content (AvgIpc) is 2.63. The SMILES string of the molecule is Cc1csc(CC(N)c2ccc(F)cc2C)n1. The lowest BCUT2D eigenvalue weighted by Gasteiger charge is -2.13. The monoisotopic (exact) mass is 250 g/mol. The van der Waals surface area contributed by atoms with Crippen LogP contribution >= 0.6 is 11.3 Å². The zero-order valence-electron chi connectivity index (χ0n) is 9.90. The number of thiazole rings is 1. The Morgan fingerprint density at radius 2 is 2.18 bits per heavy atom. The van der Waals surface area contributed by atoms with E-state index in [9.17, 15) is 4.39 Å². The molecule has 90 valence electrons. The molecule has 4 heteroatoms. The molecule has 2 aromatic rings. The van der Waals surface area contributed by atoms with Gasteiger partial charge in [0.1, 0.15) is 5.82 Å². The predicted molar refractivity (Wildman–Crippen MR) is 68.6 cm³/mol. The summed E-state index contributed by atoms with van der Waals surface area (Å²) in [6.07, 6.45) is 0.699. The first kappa shape index (κ1) is 12.2. The first-order valence-electron chi connectivity index (χ1n) is 5.49. The predicted octanol–water partition coefficient (Wildman–Crippen LogP) is 3.14. The van der Waals surface area contributed by atoms with Crippen LogP contribution in [-0.2, 0) is 6.42 Å². The Balaban J connectivity index is 2.17. The van der Waals surface area contributed by atoms with Gasteiger partial charge in [-0.3, -0.25) is 0 Å². The Morgan fingerprint density at radius 1 is 1.41 bits per heavy atom. The van der Waals surface area contributed by atoms with Crippen LogP contribution in [0.1, 0.15) is 27.9 Å². The summed E-state index contributed by atoms with van der Waals surface area (Å²) in [6.45, 7) is 3.85. The van der Waals surface area contributed by atoms with Gasteiger partial charge in [0.15, 0.2) is 0 Å². The highest BCUT2D eigenvalue weighted by atomic mass is 32.1. The minimum Gasteiger partial charge on any atom is -0.324 e. The van der Waals surface area contributed by atoms with Gasteiger partial charge in [-0.1, -0.05) is 6.07 Å². The summed E-state index contributed by atoms with van der Waals surface area (Å²) >= 11 is 1.62. The summed E-state index contributed by atoms with van der Waals surface area (Å²) in [4.78, 5) is 4.39. The maximum Gasteiger partial charge on any atom is 0.123 e. The molecule has 0 aliphatic heterocycles. The lowest BCUT2D eigenvalue weighted by Crippen LogP contribution is -2.14. The number of aromatic nitrogens is 1. The molecule has 2 rings (SSSR count). The smallest absolute Gasteiger partial charge is 0.123 e. The van der Waals surface area contributed by atoms with E-state index in [1.54, 1.807) is 17.4 Å². The lowest BCUT2D eigenvalue weighted by atomic mass is 10.00. The highest BCUT2D eigenvalue weighted by Gasteiger charge is 2.12. The van der Waals surface area contributed by atoms with Crippen molar-refractivity contribution < 1.29 is 4.39 Å². The van der Waals surface area contributed by atoms with Crippen LogP contribution in [0, 0.1) is 19.7 Å². The van der Waals surface area contributed by atoms with Gasteiger partial charge < -0.3 is 5.73 Å². The van der Waals surface area contributed by atoms with E-state index in [2.05, 4.69) is 4.98 Å². The molecule has 0 fully saturated rings. The molecule has 1 heterocycles. The van der Waals surface area contributed by atoms with Crippen LogP contribution < -0.4 is 5.73 Å². The summed E-state index contributed by atoms with van der Waals surface area (Å²) in [7, 11) is 0. The fraction of sp³-hybridized carbons (Fsp3) is 0.308. The van der Waals surface area contributed by atoms with E-state index in [4.69, 9.17) is 5.73 Å². The Morgan fingerprint density at radius 3 is 2.76 bits per heavy atom. The average molecular weight is 250 g/mol.